The van der Waals surface area contributed by atoms with Crippen molar-refractivity contribution in [2.75, 3.05) is 25.0 Å². The van der Waals surface area contributed by atoms with Gasteiger partial charge in [-0.1, -0.05) is 13.8 Å². The summed E-state index contributed by atoms with van der Waals surface area (Å²) < 4.78 is 0. The molecule has 0 aromatic heterocycles. The summed E-state index contributed by atoms with van der Waals surface area (Å²) >= 11 is 0. The summed E-state index contributed by atoms with van der Waals surface area (Å²) in [4.78, 5) is 24.4. The Morgan fingerprint density at radius 1 is 1.17 bits per heavy atom. The fourth-order valence-corrected chi connectivity index (χ4v) is 1.55. The van der Waals surface area contributed by atoms with Gasteiger partial charge in [0.2, 0.25) is 5.91 Å². The first-order valence-electron chi connectivity index (χ1n) is 5.92. The fraction of sp³-hybridized carbons (Fsp3) is 0.385. The van der Waals surface area contributed by atoms with Crippen molar-refractivity contribution >= 4 is 17.6 Å². The second kappa shape index (κ2) is 6.76. The zero-order valence-corrected chi connectivity index (χ0v) is 10.6. The molecule has 98 valence electrons. The number of hydrogen-bond acceptors (Lipinski definition) is 3. The predicted octanol–water partition coefficient (Wildman–Crippen LogP) is 1.67. The lowest BCUT2D eigenvalue weighted by molar-refractivity contribution is -0.117. The molecule has 1 amide bonds. The topological polar surface area (TPSA) is 69.6 Å². The largest absolute Gasteiger partial charge is 0.478 e. The highest BCUT2D eigenvalue weighted by atomic mass is 16.4. The fourth-order valence-electron chi connectivity index (χ4n) is 1.55. The lowest BCUT2D eigenvalue weighted by Crippen LogP contribution is -2.32. The highest BCUT2D eigenvalue weighted by molar-refractivity contribution is 5.93. The molecule has 0 heterocycles. The van der Waals surface area contributed by atoms with Gasteiger partial charge in [0.1, 0.15) is 0 Å². The Morgan fingerprint density at radius 2 is 1.72 bits per heavy atom. The quantitative estimate of drug-likeness (QED) is 0.805. The number of carboxylic acids is 1. The van der Waals surface area contributed by atoms with Crippen LogP contribution in [0.1, 0.15) is 24.2 Å². The van der Waals surface area contributed by atoms with Crippen LogP contribution in [0.25, 0.3) is 0 Å². The molecule has 1 aromatic rings. The van der Waals surface area contributed by atoms with Gasteiger partial charge < -0.3 is 10.4 Å². The third kappa shape index (κ3) is 4.18. The Hall–Kier alpha value is -1.88. The molecule has 0 spiro atoms. The molecule has 0 bridgehead atoms. The van der Waals surface area contributed by atoms with Crippen LogP contribution >= 0.6 is 0 Å². The van der Waals surface area contributed by atoms with E-state index >= 15 is 0 Å². The molecule has 0 aliphatic rings. The SMILES string of the molecule is CCN(CC)CC(=O)Nc1ccc(C(=O)O)cc1. The number of anilines is 1. The molecule has 0 fully saturated rings. The average molecular weight is 250 g/mol. The molecule has 0 saturated carbocycles. The van der Waals surface area contributed by atoms with E-state index in [9.17, 15) is 9.59 Å². The molecule has 0 aliphatic heterocycles. The van der Waals surface area contributed by atoms with E-state index in [1.165, 1.54) is 12.1 Å². The van der Waals surface area contributed by atoms with Crippen LogP contribution in [-0.4, -0.2) is 41.5 Å². The Morgan fingerprint density at radius 3 is 2.17 bits per heavy atom. The molecule has 5 heteroatoms. The predicted molar refractivity (Wildman–Crippen MR) is 69.8 cm³/mol. The molecule has 0 aliphatic carbocycles. The lowest BCUT2D eigenvalue weighted by atomic mass is 10.2. The van der Waals surface area contributed by atoms with E-state index in [2.05, 4.69) is 5.32 Å². The Bertz CT molecular complexity index is 411. The van der Waals surface area contributed by atoms with Crippen molar-refractivity contribution in [1.82, 2.24) is 4.90 Å². The van der Waals surface area contributed by atoms with Gasteiger partial charge in [-0.15, -0.1) is 0 Å². The summed E-state index contributed by atoms with van der Waals surface area (Å²) in [5, 5.41) is 11.5. The maximum Gasteiger partial charge on any atom is 0.335 e. The van der Waals surface area contributed by atoms with Crippen molar-refractivity contribution in [3.8, 4) is 0 Å². The standard InChI is InChI=1S/C13H18N2O3/c1-3-15(4-2)9-12(16)14-11-7-5-10(6-8-11)13(17)18/h5-8H,3-4,9H2,1-2H3,(H,14,16)(H,17,18). The van der Waals surface area contributed by atoms with Crippen LogP contribution < -0.4 is 5.32 Å². The Balaban J connectivity index is 2.56. The third-order valence-corrected chi connectivity index (χ3v) is 2.68. The van der Waals surface area contributed by atoms with Gasteiger partial charge in [0.05, 0.1) is 12.1 Å². The minimum absolute atomic E-state index is 0.0956. The number of likely N-dealkylation sites (N-methyl/N-ethyl adjacent to an activating group) is 1. The molecule has 2 N–H and O–H groups in total. The van der Waals surface area contributed by atoms with Crippen molar-refractivity contribution in [2.45, 2.75) is 13.8 Å². The van der Waals surface area contributed by atoms with Gasteiger partial charge >= 0.3 is 5.97 Å². The second-order valence-corrected chi connectivity index (χ2v) is 3.89. The molecule has 0 atom stereocenters. The van der Waals surface area contributed by atoms with Crippen LogP contribution in [0.2, 0.25) is 0 Å². The van der Waals surface area contributed by atoms with Crippen LogP contribution in [-0.2, 0) is 4.79 Å². The van der Waals surface area contributed by atoms with Crippen molar-refractivity contribution < 1.29 is 14.7 Å². The van der Waals surface area contributed by atoms with E-state index in [4.69, 9.17) is 5.11 Å². The monoisotopic (exact) mass is 250 g/mol. The van der Waals surface area contributed by atoms with E-state index in [-0.39, 0.29) is 11.5 Å². The normalized spacial score (nSPS) is 10.4. The van der Waals surface area contributed by atoms with E-state index in [0.717, 1.165) is 13.1 Å². The highest BCUT2D eigenvalue weighted by Crippen LogP contribution is 2.09. The second-order valence-electron chi connectivity index (χ2n) is 3.89. The van der Waals surface area contributed by atoms with Crippen LogP contribution in [0.4, 0.5) is 5.69 Å². The number of aromatic carboxylic acids is 1. The summed E-state index contributed by atoms with van der Waals surface area (Å²) in [6.45, 7) is 5.98. The van der Waals surface area contributed by atoms with E-state index in [1.807, 2.05) is 18.7 Å². The number of rotatable bonds is 6. The van der Waals surface area contributed by atoms with Crippen molar-refractivity contribution in [2.24, 2.45) is 0 Å². The molecule has 5 nitrogen and oxygen atoms in total. The lowest BCUT2D eigenvalue weighted by Gasteiger charge is -2.17. The van der Waals surface area contributed by atoms with Crippen LogP contribution in [0.5, 0.6) is 0 Å². The van der Waals surface area contributed by atoms with Crippen LogP contribution in [0, 0.1) is 0 Å². The van der Waals surface area contributed by atoms with Gasteiger partial charge in [0.25, 0.3) is 0 Å². The number of carboxylic acid groups (broad SMARTS) is 1. The molecule has 1 rings (SSSR count). The average Bonchev–Trinajstić information content (AvgIpc) is 2.36. The number of nitrogens with zero attached hydrogens (tertiary/aromatic N) is 1. The highest BCUT2D eigenvalue weighted by Gasteiger charge is 2.08. The molecule has 18 heavy (non-hydrogen) atoms. The summed E-state index contributed by atoms with van der Waals surface area (Å²) in [5.74, 6) is -1.07. The van der Waals surface area contributed by atoms with Crippen molar-refractivity contribution in [3.63, 3.8) is 0 Å². The number of amides is 1. The summed E-state index contributed by atoms with van der Waals surface area (Å²) in [5.41, 5.74) is 0.814. The van der Waals surface area contributed by atoms with E-state index in [1.54, 1.807) is 12.1 Å². The first-order chi connectivity index (χ1) is 8.56. The zero-order valence-electron chi connectivity index (χ0n) is 10.6. The van der Waals surface area contributed by atoms with E-state index in [0.29, 0.717) is 12.2 Å². The minimum atomic E-state index is -0.976. The van der Waals surface area contributed by atoms with Gasteiger partial charge in [-0.3, -0.25) is 9.69 Å². The number of hydrogen-bond donors (Lipinski definition) is 2. The molecular formula is C13H18N2O3. The number of carbonyl (C=O) groups excluding carboxylic acids is 1. The maximum absolute atomic E-state index is 11.7. The minimum Gasteiger partial charge on any atom is -0.478 e. The van der Waals surface area contributed by atoms with Crippen LogP contribution in [0.15, 0.2) is 24.3 Å². The number of benzene rings is 1. The smallest absolute Gasteiger partial charge is 0.335 e. The van der Waals surface area contributed by atoms with E-state index < -0.39 is 5.97 Å². The maximum atomic E-state index is 11.7. The van der Waals surface area contributed by atoms with Gasteiger partial charge in [-0.25, -0.2) is 4.79 Å². The molecule has 0 unspecified atom stereocenters. The molecule has 0 saturated heterocycles. The summed E-state index contributed by atoms with van der Waals surface area (Å²) in [6, 6.07) is 6.11. The van der Waals surface area contributed by atoms with Gasteiger partial charge in [0, 0.05) is 5.69 Å². The van der Waals surface area contributed by atoms with Gasteiger partial charge in [0.15, 0.2) is 0 Å². The summed E-state index contributed by atoms with van der Waals surface area (Å²) in [7, 11) is 0. The Labute approximate surface area is 106 Å². The zero-order chi connectivity index (χ0) is 13.5. The Kier molecular flexibility index (Phi) is 5.32. The van der Waals surface area contributed by atoms with Gasteiger partial charge in [-0.05, 0) is 37.4 Å². The third-order valence-electron chi connectivity index (χ3n) is 2.68. The van der Waals surface area contributed by atoms with Gasteiger partial charge in [-0.2, -0.15) is 0 Å². The summed E-state index contributed by atoms with van der Waals surface area (Å²) in [6.07, 6.45) is 0. The molecular weight excluding hydrogens is 232 g/mol. The van der Waals surface area contributed by atoms with Crippen molar-refractivity contribution in [1.29, 1.82) is 0 Å². The first kappa shape index (κ1) is 14.2. The molecule has 1 aromatic carbocycles. The molecule has 0 radical (unpaired) electrons. The first-order valence-corrected chi connectivity index (χ1v) is 5.92. The van der Waals surface area contributed by atoms with Crippen LogP contribution in [0.3, 0.4) is 0 Å². The van der Waals surface area contributed by atoms with Crippen molar-refractivity contribution in [3.05, 3.63) is 29.8 Å². The number of nitrogens with one attached hydrogen (secondary N) is 1. The number of carbonyl (C=O) groups is 2.